The molecule has 2 N–H and O–H groups in total. The third-order valence-electron chi connectivity index (χ3n) is 2.53. The van der Waals surface area contributed by atoms with Gasteiger partial charge in [0.1, 0.15) is 0 Å². The van der Waals surface area contributed by atoms with Gasteiger partial charge in [-0.25, -0.2) is 4.79 Å². The standard InChI is InChI=1S/C10H12N2O2/c1-5-4-7(11)6(2)8-9(5)14-10(13)12(8)3/h4H,11H2,1-3H3. The largest absolute Gasteiger partial charge is 0.419 e. The Kier molecular flexibility index (Phi) is 1.67. The Morgan fingerprint density at radius 2 is 2.07 bits per heavy atom. The van der Waals surface area contributed by atoms with Crippen molar-refractivity contribution in [1.29, 1.82) is 0 Å². The van der Waals surface area contributed by atoms with Crippen LogP contribution in [0.2, 0.25) is 0 Å². The number of aryl methyl sites for hydroxylation is 3. The molecular formula is C10H12N2O2. The van der Waals surface area contributed by atoms with Crippen LogP contribution in [-0.4, -0.2) is 4.57 Å². The lowest BCUT2D eigenvalue weighted by atomic mass is 10.1. The van der Waals surface area contributed by atoms with Gasteiger partial charge in [-0.2, -0.15) is 0 Å². The first kappa shape index (κ1) is 8.87. The summed E-state index contributed by atoms with van der Waals surface area (Å²) in [6, 6.07) is 1.82. The fraction of sp³-hybridized carbons (Fsp3) is 0.300. The first-order valence-electron chi connectivity index (χ1n) is 4.37. The van der Waals surface area contributed by atoms with Crippen molar-refractivity contribution < 1.29 is 4.42 Å². The van der Waals surface area contributed by atoms with Crippen LogP contribution in [0, 0.1) is 13.8 Å². The monoisotopic (exact) mass is 192 g/mol. The van der Waals surface area contributed by atoms with Gasteiger partial charge in [0.25, 0.3) is 0 Å². The summed E-state index contributed by atoms with van der Waals surface area (Å²) < 4.78 is 6.60. The predicted octanol–water partition coefficient (Wildman–Crippen LogP) is 1.33. The number of rotatable bonds is 0. The summed E-state index contributed by atoms with van der Waals surface area (Å²) in [4.78, 5) is 11.3. The Labute approximate surface area is 80.9 Å². The number of nitrogens with two attached hydrogens (primary N) is 1. The van der Waals surface area contributed by atoms with Crippen molar-refractivity contribution in [3.05, 3.63) is 27.7 Å². The van der Waals surface area contributed by atoms with E-state index in [4.69, 9.17) is 10.2 Å². The summed E-state index contributed by atoms with van der Waals surface area (Å²) in [6.07, 6.45) is 0. The van der Waals surface area contributed by atoms with E-state index >= 15 is 0 Å². The third-order valence-corrected chi connectivity index (χ3v) is 2.53. The van der Waals surface area contributed by atoms with Crippen LogP contribution >= 0.6 is 0 Å². The minimum Gasteiger partial charge on any atom is -0.407 e. The van der Waals surface area contributed by atoms with Crippen LogP contribution < -0.4 is 11.5 Å². The molecule has 2 rings (SSSR count). The van der Waals surface area contributed by atoms with Gasteiger partial charge in [0.15, 0.2) is 5.58 Å². The quantitative estimate of drug-likeness (QED) is 0.640. The maximum Gasteiger partial charge on any atom is 0.419 e. The first-order chi connectivity index (χ1) is 6.52. The molecule has 4 heteroatoms. The number of oxazole rings is 1. The van der Waals surface area contributed by atoms with Crippen LogP contribution in [0.4, 0.5) is 5.69 Å². The topological polar surface area (TPSA) is 61.2 Å². The van der Waals surface area contributed by atoms with Crippen LogP contribution in [0.1, 0.15) is 11.1 Å². The van der Waals surface area contributed by atoms with Crippen LogP contribution in [-0.2, 0) is 7.05 Å². The average molecular weight is 192 g/mol. The molecule has 0 aliphatic carbocycles. The van der Waals surface area contributed by atoms with Gasteiger partial charge in [-0.15, -0.1) is 0 Å². The molecule has 0 unspecified atom stereocenters. The molecule has 0 spiro atoms. The molecule has 0 saturated heterocycles. The Hall–Kier alpha value is -1.71. The lowest BCUT2D eigenvalue weighted by Crippen LogP contribution is -2.09. The van der Waals surface area contributed by atoms with Crippen molar-refractivity contribution >= 4 is 16.8 Å². The van der Waals surface area contributed by atoms with E-state index in [0.29, 0.717) is 11.3 Å². The van der Waals surface area contributed by atoms with Crippen LogP contribution in [0.15, 0.2) is 15.3 Å². The SMILES string of the molecule is Cc1cc(N)c(C)c2c1oc(=O)n2C. The van der Waals surface area contributed by atoms with Gasteiger partial charge in [0, 0.05) is 12.7 Å². The Bertz CT molecular complexity index is 563. The minimum absolute atomic E-state index is 0.350. The van der Waals surface area contributed by atoms with E-state index in [0.717, 1.165) is 16.6 Å². The normalized spacial score (nSPS) is 11.1. The number of hydrogen-bond acceptors (Lipinski definition) is 3. The van der Waals surface area contributed by atoms with Crippen molar-refractivity contribution in [2.75, 3.05) is 5.73 Å². The molecule has 1 aromatic carbocycles. The zero-order valence-corrected chi connectivity index (χ0v) is 8.42. The molecule has 1 heterocycles. The number of anilines is 1. The van der Waals surface area contributed by atoms with E-state index in [9.17, 15) is 4.79 Å². The molecule has 0 saturated carbocycles. The fourth-order valence-electron chi connectivity index (χ4n) is 1.68. The second-order valence-corrected chi connectivity index (χ2v) is 3.51. The van der Waals surface area contributed by atoms with Crippen molar-refractivity contribution in [1.82, 2.24) is 4.57 Å². The van der Waals surface area contributed by atoms with E-state index in [1.165, 1.54) is 4.57 Å². The number of fused-ring (bicyclic) bond motifs is 1. The molecule has 4 nitrogen and oxygen atoms in total. The average Bonchev–Trinajstić information content (AvgIpc) is 2.41. The van der Waals surface area contributed by atoms with E-state index in [-0.39, 0.29) is 5.76 Å². The lowest BCUT2D eigenvalue weighted by molar-refractivity contribution is 0.526. The predicted molar refractivity (Wildman–Crippen MR) is 55.3 cm³/mol. The fourth-order valence-corrected chi connectivity index (χ4v) is 1.68. The summed E-state index contributed by atoms with van der Waals surface area (Å²) in [5.74, 6) is -0.350. The smallest absolute Gasteiger partial charge is 0.407 e. The molecule has 1 aromatic heterocycles. The van der Waals surface area contributed by atoms with Gasteiger partial charge < -0.3 is 10.2 Å². The first-order valence-corrected chi connectivity index (χ1v) is 4.37. The highest BCUT2D eigenvalue weighted by molar-refractivity contribution is 5.85. The molecule has 0 bridgehead atoms. The van der Waals surface area contributed by atoms with Crippen molar-refractivity contribution in [3.63, 3.8) is 0 Å². The molecule has 2 aromatic rings. The van der Waals surface area contributed by atoms with Crippen LogP contribution in [0.5, 0.6) is 0 Å². The molecule has 0 fully saturated rings. The van der Waals surface area contributed by atoms with Gasteiger partial charge in [-0.05, 0) is 31.0 Å². The van der Waals surface area contributed by atoms with E-state index in [1.54, 1.807) is 7.05 Å². The summed E-state index contributed by atoms with van der Waals surface area (Å²) in [6.45, 7) is 3.76. The zero-order valence-electron chi connectivity index (χ0n) is 8.42. The van der Waals surface area contributed by atoms with Gasteiger partial charge in [0.2, 0.25) is 0 Å². The summed E-state index contributed by atoms with van der Waals surface area (Å²) in [5, 5.41) is 0. The Morgan fingerprint density at radius 3 is 2.71 bits per heavy atom. The maximum absolute atomic E-state index is 11.3. The van der Waals surface area contributed by atoms with Crippen LogP contribution in [0.3, 0.4) is 0 Å². The number of nitrogens with zero attached hydrogens (tertiary/aromatic N) is 1. The number of benzene rings is 1. The highest BCUT2D eigenvalue weighted by atomic mass is 16.4. The summed E-state index contributed by atoms with van der Waals surface area (Å²) >= 11 is 0. The minimum atomic E-state index is -0.350. The second kappa shape index (κ2) is 2.64. The second-order valence-electron chi connectivity index (χ2n) is 3.51. The highest BCUT2D eigenvalue weighted by Crippen LogP contribution is 2.25. The van der Waals surface area contributed by atoms with Crippen molar-refractivity contribution in [2.45, 2.75) is 13.8 Å². The van der Waals surface area contributed by atoms with E-state index in [1.807, 2.05) is 19.9 Å². The van der Waals surface area contributed by atoms with Gasteiger partial charge in [0.05, 0.1) is 5.52 Å². The van der Waals surface area contributed by atoms with Crippen molar-refractivity contribution in [2.24, 2.45) is 7.05 Å². The molecule has 0 radical (unpaired) electrons. The van der Waals surface area contributed by atoms with Gasteiger partial charge in [-0.1, -0.05) is 0 Å². The Morgan fingerprint density at radius 1 is 1.43 bits per heavy atom. The Balaban J connectivity index is 3.11. The third kappa shape index (κ3) is 0.968. The molecular weight excluding hydrogens is 180 g/mol. The molecule has 0 atom stereocenters. The maximum atomic E-state index is 11.3. The highest BCUT2D eigenvalue weighted by Gasteiger charge is 2.12. The number of hydrogen-bond donors (Lipinski definition) is 1. The van der Waals surface area contributed by atoms with Gasteiger partial charge >= 0.3 is 5.76 Å². The van der Waals surface area contributed by atoms with Crippen molar-refractivity contribution in [3.8, 4) is 0 Å². The molecule has 0 amide bonds. The number of nitrogen functional groups attached to an aromatic ring is 1. The lowest BCUT2D eigenvalue weighted by Gasteiger charge is -2.04. The molecule has 0 aliphatic heterocycles. The van der Waals surface area contributed by atoms with E-state index in [2.05, 4.69) is 0 Å². The summed E-state index contributed by atoms with van der Waals surface area (Å²) in [7, 11) is 1.68. The van der Waals surface area contributed by atoms with E-state index < -0.39 is 0 Å². The van der Waals surface area contributed by atoms with Gasteiger partial charge in [-0.3, -0.25) is 4.57 Å². The summed E-state index contributed by atoms with van der Waals surface area (Å²) in [5.41, 5.74) is 9.69. The zero-order chi connectivity index (χ0) is 10.5. The molecule has 74 valence electrons. The molecule has 14 heavy (non-hydrogen) atoms. The van der Waals surface area contributed by atoms with Crippen LogP contribution in [0.25, 0.3) is 11.1 Å². The number of aromatic nitrogens is 1. The molecule has 0 aliphatic rings.